The van der Waals surface area contributed by atoms with Crippen LogP contribution < -0.4 is 14.8 Å². The Kier molecular flexibility index (Phi) is 5.53. The summed E-state index contributed by atoms with van der Waals surface area (Å²) in [5.41, 5.74) is 1.31. The molecule has 2 aromatic rings. The number of benzene rings is 2. The Labute approximate surface area is 166 Å². The van der Waals surface area contributed by atoms with Gasteiger partial charge in [0.2, 0.25) is 5.91 Å². The molecule has 2 heterocycles. The van der Waals surface area contributed by atoms with Gasteiger partial charge in [0.05, 0.1) is 0 Å². The van der Waals surface area contributed by atoms with Crippen LogP contribution in [0.25, 0.3) is 0 Å². The molecule has 0 bridgehead atoms. The molecule has 0 spiro atoms. The Morgan fingerprint density at radius 2 is 1.75 bits per heavy atom. The lowest BCUT2D eigenvalue weighted by Gasteiger charge is -2.43. The number of para-hydroxylation sites is 2. The van der Waals surface area contributed by atoms with Crippen molar-refractivity contribution in [3.8, 4) is 11.5 Å². The molecule has 4 rings (SSSR count). The highest BCUT2D eigenvalue weighted by molar-refractivity contribution is 5.73. The summed E-state index contributed by atoms with van der Waals surface area (Å²) in [6.45, 7) is 5.69. The standard InChI is InChI=1S/C23H28N2O3/c1-18(26)24-17-23(19-7-3-2-4-8-19)11-13-25(14-12-23)15-20-16-27-21-9-5-6-10-22(21)28-20/h2-10,20H,11-17H2,1H3,(H,24,26)/t20-/m1/s1. The summed E-state index contributed by atoms with van der Waals surface area (Å²) >= 11 is 0. The second-order valence-electron chi connectivity index (χ2n) is 7.85. The van der Waals surface area contributed by atoms with Gasteiger partial charge in [-0.15, -0.1) is 0 Å². The number of hydrogen-bond acceptors (Lipinski definition) is 4. The first-order valence-corrected chi connectivity index (χ1v) is 10.1. The lowest BCUT2D eigenvalue weighted by atomic mass is 9.72. The molecule has 0 radical (unpaired) electrons. The van der Waals surface area contributed by atoms with Crippen LogP contribution in [-0.4, -0.2) is 49.7 Å². The molecule has 1 saturated heterocycles. The summed E-state index contributed by atoms with van der Waals surface area (Å²) in [6.07, 6.45) is 2.08. The van der Waals surface area contributed by atoms with Crippen LogP contribution >= 0.6 is 0 Å². The van der Waals surface area contributed by atoms with E-state index < -0.39 is 0 Å². The van der Waals surface area contributed by atoms with Gasteiger partial charge < -0.3 is 14.8 Å². The zero-order chi connectivity index (χ0) is 19.4. The first-order valence-electron chi connectivity index (χ1n) is 10.1. The van der Waals surface area contributed by atoms with E-state index >= 15 is 0 Å². The highest BCUT2D eigenvalue weighted by Gasteiger charge is 2.37. The molecule has 1 atom stereocenters. The largest absolute Gasteiger partial charge is 0.486 e. The summed E-state index contributed by atoms with van der Waals surface area (Å²) in [7, 11) is 0. The molecule has 2 aromatic carbocycles. The van der Waals surface area contributed by atoms with Crippen LogP contribution in [0.2, 0.25) is 0 Å². The van der Waals surface area contributed by atoms with Crippen LogP contribution in [0.15, 0.2) is 54.6 Å². The molecular formula is C23H28N2O3. The molecule has 0 aromatic heterocycles. The van der Waals surface area contributed by atoms with Gasteiger partial charge in [-0.1, -0.05) is 42.5 Å². The molecule has 28 heavy (non-hydrogen) atoms. The average molecular weight is 380 g/mol. The summed E-state index contributed by atoms with van der Waals surface area (Å²) in [4.78, 5) is 14.0. The van der Waals surface area contributed by atoms with Crippen molar-refractivity contribution in [2.45, 2.75) is 31.3 Å². The minimum absolute atomic E-state index is 0.0000480. The first kappa shape index (κ1) is 18.8. The lowest BCUT2D eigenvalue weighted by molar-refractivity contribution is -0.119. The highest BCUT2D eigenvalue weighted by atomic mass is 16.6. The molecule has 2 aliphatic heterocycles. The summed E-state index contributed by atoms with van der Waals surface area (Å²) < 4.78 is 12.0. The minimum atomic E-state index is -0.0000480. The quantitative estimate of drug-likeness (QED) is 0.866. The molecule has 148 valence electrons. The van der Waals surface area contributed by atoms with E-state index in [4.69, 9.17) is 9.47 Å². The predicted molar refractivity (Wildman–Crippen MR) is 109 cm³/mol. The van der Waals surface area contributed by atoms with Crippen LogP contribution in [0.3, 0.4) is 0 Å². The number of nitrogens with zero attached hydrogens (tertiary/aromatic N) is 1. The maximum atomic E-state index is 11.5. The average Bonchev–Trinajstić information content (AvgIpc) is 2.74. The smallest absolute Gasteiger partial charge is 0.216 e. The van der Waals surface area contributed by atoms with Crippen molar-refractivity contribution in [2.75, 3.05) is 32.8 Å². The molecule has 2 aliphatic rings. The van der Waals surface area contributed by atoms with Crippen molar-refractivity contribution in [2.24, 2.45) is 0 Å². The van der Waals surface area contributed by atoms with E-state index in [1.54, 1.807) is 6.92 Å². The maximum Gasteiger partial charge on any atom is 0.216 e. The van der Waals surface area contributed by atoms with E-state index in [0.717, 1.165) is 44.0 Å². The van der Waals surface area contributed by atoms with Gasteiger partial charge in [-0.25, -0.2) is 0 Å². The number of carbonyl (C=O) groups excluding carboxylic acids is 1. The number of hydrogen-bond donors (Lipinski definition) is 1. The van der Waals surface area contributed by atoms with Crippen LogP contribution in [-0.2, 0) is 10.2 Å². The molecule has 0 saturated carbocycles. The second-order valence-corrected chi connectivity index (χ2v) is 7.85. The third-order valence-corrected chi connectivity index (χ3v) is 5.90. The Balaban J connectivity index is 1.39. The lowest BCUT2D eigenvalue weighted by Crippen LogP contribution is -2.51. The third kappa shape index (κ3) is 4.14. The van der Waals surface area contributed by atoms with Crippen molar-refractivity contribution in [1.29, 1.82) is 0 Å². The van der Waals surface area contributed by atoms with Gasteiger partial charge in [0.25, 0.3) is 0 Å². The highest BCUT2D eigenvalue weighted by Crippen LogP contribution is 2.36. The van der Waals surface area contributed by atoms with E-state index in [1.807, 2.05) is 30.3 Å². The molecule has 0 aliphatic carbocycles. The number of rotatable bonds is 5. The van der Waals surface area contributed by atoms with Gasteiger partial charge in [-0.05, 0) is 43.6 Å². The van der Waals surface area contributed by atoms with Crippen molar-refractivity contribution in [1.82, 2.24) is 10.2 Å². The number of piperidine rings is 1. The number of fused-ring (bicyclic) bond motifs is 1. The summed E-state index contributed by atoms with van der Waals surface area (Å²) in [5, 5.41) is 3.06. The predicted octanol–water partition coefficient (Wildman–Crippen LogP) is 3.00. The van der Waals surface area contributed by atoms with E-state index in [-0.39, 0.29) is 17.4 Å². The Morgan fingerprint density at radius 1 is 1.07 bits per heavy atom. The fourth-order valence-electron chi connectivity index (χ4n) is 4.26. The Bertz CT molecular complexity index is 801. The first-order chi connectivity index (χ1) is 13.6. The number of nitrogens with one attached hydrogen (secondary N) is 1. The maximum absolute atomic E-state index is 11.5. The van der Waals surface area contributed by atoms with Crippen LogP contribution in [0.4, 0.5) is 0 Å². The monoisotopic (exact) mass is 380 g/mol. The zero-order valence-corrected chi connectivity index (χ0v) is 16.4. The molecule has 5 heteroatoms. The molecular weight excluding hydrogens is 352 g/mol. The van der Waals surface area contributed by atoms with Crippen molar-refractivity contribution >= 4 is 5.91 Å². The number of carbonyl (C=O) groups is 1. The molecule has 0 unspecified atom stereocenters. The molecule has 5 nitrogen and oxygen atoms in total. The van der Waals surface area contributed by atoms with Gasteiger partial charge in [-0.2, -0.15) is 0 Å². The van der Waals surface area contributed by atoms with Crippen molar-refractivity contribution in [3.63, 3.8) is 0 Å². The number of ether oxygens (including phenoxy) is 2. The SMILES string of the molecule is CC(=O)NCC1(c2ccccc2)CCN(C[C@@H]2COc3ccccc3O2)CC1. The second kappa shape index (κ2) is 8.23. The zero-order valence-electron chi connectivity index (χ0n) is 16.4. The van der Waals surface area contributed by atoms with Crippen molar-refractivity contribution < 1.29 is 14.3 Å². The Morgan fingerprint density at radius 3 is 2.46 bits per heavy atom. The normalized spacial score (nSPS) is 21.1. The third-order valence-electron chi connectivity index (χ3n) is 5.90. The van der Waals surface area contributed by atoms with Crippen molar-refractivity contribution in [3.05, 3.63) is 60.2 Å². The van der Waals surface area contributed by atoms with Crippen LogP contribution in [0.5, 0.6) is 11.5 Å². The van der Waals surface area contributed by atoms with Crippen LogP contribution in [0, 0.1) is 0 Å². The topological polar surface area (TPSA) is 50.8 Å². The number of amides is 1. The fourth-order valence-corrected chi connectivity index (χ4v) is 4.26. The Hall–Kier alpha value is -2.53. The van der Waals surface area contributed by atoms with Gasteiger partial charge in [0.1, 0.15) is 12.7 Å². The molecule has 1 N–H and O–H groups in total. The summed E-state index contributed by atoms with van der Waals surface area (Å²) in [6, 6.07) is 18.4. The molecule has 1 amide bonds. The van der Waals surface area contributed by atoms with Gasteiger partial charge in [-0.3, -0.25) is 9.69 Å². The van der Waals surface area contributed by atoms with E-state index in [1.165, 1.54) is 5.56 Å². The fraction of sp³-hybridized carbons (Fsp3) is 0.435. The van der Waals surface area contributed by atoms with E-state index in [2.05, 4.69) is 34.5 Å². The van der Waals surface area contributed by atoms with E-state index in [9.17, 15) is 4.79 Å². The molecule has 1 fully saturated rings. The van der Waals surface area contributed by atoms with Gasteiger partial charge in [0, 0.05) is 25.4 Å². The number of likely N-dealkylation sites (tertiary alicyclic amines) is 1. The van der Waals surface area contributed by atoms with Gasteiger partial charge in [0.15, 0.2) is 11.5 Å². The minimum Gasteiger partial charge on any atom is -0.486 e. The van der Waals surface area contributed by atoms with E-state index in [0.29, 0.717) is 13.2 Å². The van der Waals surface area contributed by atoms with Gasteiger partial charge >= 0.3 is 0 Å². The van der Waals surface area contributed by atoms with Crippen LogP contribution in [0.1, 0.15) is 25.3 Å². The summed E-state index contributed by atoms with van der Waals surface area (Å²) in [5.74, 6) is 1.69.